The Morgan fingerprint density at radius 1 is 1.36 bits per heavy atom. The van der Waals surface area contributed by atoms with Crippen LogP contribution in [-0.4, -0.2) is 27.7 Å². The molecule has 1 fully saturated rings. The summed E-state index contributed by atoms with van der Waals surface area (Å²) in [6.07, 6.45) is 1.70. The van der Waals surface area contributed by atoms with Crippen molar-refractivity contribution in [3.05, 3.63) is 0 Å². The van der Waals surface area contributed by atoms with Gasteiger partial charge in [-0.2, -0.15) is 0 Å². The first kappa shape index (κ1) is 8.52. The van der Waals surface area contributed by atoms with E-state index in [0.717, 1.165) is 24.3 Å². The summed E-state index contributed by atoms with van der Waals surface area (Å²) in [6.45, 7) is 0. The minimum absolute atomic E-state index is 0.141. The summed E-state index contributed by atoms with van der Waals surface area (Å²) in [5.41, 5.74) is 10.4. The average Bonchev–Trinajstić information content (AvgIpc) is 1.93. The van der Waals surface area contributed by atoms with E-state index in [9.17, 15) is 4.21 Å². The third-order valence-corrected chi connectivity index (χ3v) is 3.07. The van der Waals surface area contributed by atoms with Crippen molar-refractivity contribution in [2.24, 2.45) is 16.5 Å². The van der Waals surface area contributed by atoms with Crippen LogP contribution in [0.4, 0.5) is 0 Å². The molecule has 4 nitrogen and oxygen atoms in total. The van der Waals surface area contributed by atoms with Crippen molar-refractivity contribution >= 4 is 16.8 Å². The Kier molecular flexibility index (Phi) is 2.87. The van der Waals surface area contributed by atoms with Gasteiger partial charge in [0.15, 0.2) is 5.96 Å². The fraction of sp³-hybridized carbons (Fsp3) is 0.833. The molecule has 1 saturated heterocycles. The van der Waals surface area contributed by atoms with E-state index in [1.54, 1.807) is 0 Å². The fourth-order valence-corrected chi connectivity index (χ4v) is 2.40. The Balaban J connectivity index is 2.39. The van der Waals surface area contributed by atoms with E-state index in [2.05, 4.69) is 4.99 Å². The van der Waals surface area contributed by atoms with Gasteiger partial charge in [-0.25, -0.2) is 0 Å². The molecule has 4 N–H and O–H groups in total. The maximum atomic E-state index is 10.9. The first-order chi connectivity index (χ1) is 5.18. The van der Waals surface area contributed by atoms with Crippen molar-refractivity contribution < 1.29 is 4.21 Å². The molecule has 0 bridgehead atoms. The Labute approximate surface area is 68.5 Å². The SMILES string of the molecule is NC(N)=NC1CCS(=O)CC1. The largest absolute Gasteiger partial charge is 0.370 e. The molecule has 0 spiro atoms. The summed E-state index contributed by atoms with van der Waals surface area (Å²) in [7, 11) is -0.627. The number of hydrogen-bond acceptors (Lipinski definition) is 2. The third-order valence-electron chi connectivity index (χ3n) is 1.69. The van der Waals surface area contributed by atoms with E-state index in [1.807, 2.05) is 0 Å². The van der Waals surface area contributed by atoms with Crippen LogP contribution in [-0.2, 0) is 10.8 Å². The van der Waals surface area contributed by atoms with Crippen LogP contribution in [0.2, 0.25) is 0 Å². The quantitative estimate of drug-likeness (QED) is 0.403. The standard InChI is InChI=1S/C6H13N3OS/c7-6(8)9-5-1-3-11(10)4-2-5/h5H,1-4H2,(H4,7,8,9). The summed E-state index contributed by atoms with van der Waals surface area (Å²) < 4.78 is 10.9. The molecule has 0 atom stereocenters. The van der Waals surface area contributed by atoms with E-state index in [4.69, 9.17) is 11.5 Å². The Bertz CT molecular complexity index is 178. The van der Waals surface area contributed by atoms with Crippen LogP contribution in [0.1, 0.15) is 12.8 Å². The van der Waals surface area contributed by atoms with Crippen molar-refractivity contribution in [1.29, 1.82) is 0 Å². The monoisotopic (exact) mass is 175 g/mol. The highest BCUT2D eigenvalue weighted by atomic mass is 32.2. The Morgan fingerprint density at radius 3 is 2.36 bits per heavy atom. The molecule has 0 radical (unpaired) electrons. The first-order valence-corrected chi connectivity index (χ1v) is 5.11. The summed E-state index contributed by atoms with van der Waals surface area (Å²) in [6, 6.07) is 0.206. The minimum Gasteiger partial charge on any atom is -0.370 e. The van der Waals surface area contributed by atoms with Crippen LogP contribution < -0.4 is 11.5 Å². The van der Waals surface area contributed by atoms with Gasteiger partial charge in [0.1, 0.15) is 0 Å². The molecule has 0 aromatic carbocycles. The van der Waals surface area contributed by atoms with Gasteiger partial charge < -0.3 is 11.5 Å². The Morgan fingerprint density at radius 2 is 1.91 bits per heavy atom. The van der Waals surface area contributed by atoms with Crippen LogP contribution in [0.15, 0.2) is 4.99 Å². The minimum atomic E-state index is -0.627. The van der Waals surface area contributed by atoms with Crippen molar-refractivity contribution in [3.63, 3.8) is 0 Å². The van der Waals surface area contributed by atoms with E-state index in [0.29, 0.717) is 0 Å². The highest BCUT2D eigenvalue weighted by Crippen LogP contribution is 2.11. The predicted molar refractivity (Wildman–Crippen MR) is 46.7 cm³/mol. The van der Waals surface area contributed by atoms with Gasteiger partial charge in [-0.3, -0.25) is 9.20 Å². The van der Waals surface area contributed by atoms with Gasteiger partial charge in [-0.15, -0.1) is 0 Å². The molecular weight excluding hydrogens is 162 g/mol. The van der Waals surface area contributed by atoms with Crippen LogP contribution in [0, 0.1) is 0 Å². The molecule has 64 valence electrons. The predicted octanol–water partition coefficient (Wildman–Crippen LogP) is -0.829. The second kappa shape index (κ2) is 3.71. The zero-order chi connectivity index (χ0) is 8.27. The molecule has 1 rings (SSSR count). The van der Waals surface area contributed by atoms with E-state index in [1.165, 1.54) is 0 Å². The lowest BCUT2D eigenvalue weighted by Gasteiger charge is -2.17. The van der Waals surface area contributed by atoms with Gasteiger partial charge in [0.25, 0.3) is 0 Å². The maximum absolute atomic E-state index is 10.9. The molecule has 0 amide bonds. The topological polar surface area (TPSA) is 81.5 Å². The highest BCUT2D eigenvalue weighted by molar-refractivity contribution is 7.85. The number of nitrogens with zero attached hydrogens (tertiary/aromatic N) is 1. The number of guanidine groups is 1. The molecule has 5 heteroatoms. The lowest BCUT2D eigenvalue weighted by atomic mass is 10.2. The van der Waals surface area contributed by atoms with Gasteiger partial charge >= 0.3 is 0 Å². The van der Waals surface area contributed by atoms with E-state index in [-0.39, 0.29) is 12.0 Å². The molecule has 11 heavy (non-hydrogen) atoms. The molecule has 0 aromatic heterocycles. The highest BCUT2D eigenvalue weighted by Gasteiger charge is 2.16. The zero-order valence-electron chi connectivity index (χ0n) is 6.32. The number of rotatable bonds is 1. The van der Waals surface area contributed by atoms with Gasteiger partial charge in [-0.1, -0.05) is 0 Å². The molecule has 0 aromatic rings. The number of aliphatic imine (C=N–C) groups is 1. The van der Waals surface area contributed by atoms with Crippen LogP contribution >= 0.6 is 0 Å². The summed E-state index contributed by atoms with van der Waals surface area (Å²) in [4.78, 5) is 4.01. The molecule has 1 aliphatic rings. The summed E-state index contributed by atoms with van der Waals surface area (Å²) in [5.74, 6) is 1.62. The zero-order valence-corrected chi connectivity index (χ0v) is 7.14. The molecule has 1 heterocycles. The Hall–Kier alpha value is -0.580. The van der Waals surface area contributed by atoms with Gasteiger partial charge in [0.05, 0.1) is 6.04 Å². The van der Waals surface area contributed by atoms with Gasteiger partial charge in [0, 0.05) is 22.3 Å². The van der Waals surface area contributed by atoms with Crippen LogP contribution in [0.25, 0.3) is 0 Å². The normalized spacial score (nSPS) is 31.3. The second-order valence-electron chi connectivity index (χ2n) is 2.63. The van der Waals surface area contributed by atoms with Gasteiger partial charge in [-0.05, 0) is 12.8 Å². The molecule has 0 unspecified atom stereocenters. The third kappa shape index (κ3) is 2.88. The second-order valence-corrected chi connectivity index (χ2v) is 4.33. The smallest absolute Gasteiger partial charge is 0.186 e. The number of nitrogens with two attached hydrogens (primary N) is 2. The van der Waals surface area contributed by atoms with Crippen molar-refractivity contribution in [1.82, 2.24) is 0 Å². The fourth-order valence-electron chi connectivity index (χ4n) is 1.12. The van der Waals surface area contributed by atoms with Crippen LogP contribution in [0.5, 0.6) is 0 Å². The van der Waals surface area contributed by atoms with Crippen LogP contribution in [0.3, 0.4) is 0 Å². The van der Waals surface area contributed by atoms with E-state index >= 15 is 0 Å². The molecular formula is C6H13N3OS. The first-order valence-electron chi connectivity index (χ1n) is 3.62. The average molecular weight is 175 g/mol. The summed E-state index contributed by atoms with van der Waals surface area (Å²) in [5, 5.41) is 0. The molecule has 0 aliphatic carbocycles. The lowest BCUT2D eigenvalue weighted by molar-refractivity contribution is 0.598. The van der Waals surface area contributed by atoms with Crippen molar-refractivity contribution in [3.8, 4) is 0 Å². The maximum Gasteiger partial charge on any atom is 0.186 e. The van der Waals surface area contributed by atoms with Crippen molar-refractivity contribution in [2.75, 3.05) is 11.5 Å². The molecule has 0 saturated carbocycles. The molecule has 1 aliphatic heterocycles. The summed E-state index contributed by atoms with van der Waals surface area (Å²) >= 11 is 0. The van der Waals surface area contributed by atoms with E-state index < -0.39 is 10.8 Å². The van der Waals surface area contributed by atoms with Gasteiger partial charge in [0.2, 0.25) is 0 Å². The lowest BCUT2D eigenvalue weighted by Crippen LogP contribution is -2.29. The number of hydrogen-bond donors (Lipinski definition) is 2. The van der Waals surface area contributed by atoms with Crippen molar-refractivity contribution in [2.45, 2.75) is 18.9 Å².